The van der Waals surface area contributed by atoms with Crippen molar-refractivity contribution >= 4 is 11.7 Å². The van der Waals surface area contributed by atoms with E-state index >= 15 is 0 Å². The fourth-order valence-corrected chi connectivity index (χ4v) is 1.33. The molecule has 2 N–H and O–H groups in total. The zero-order valence-electron chi connectivity index (χ0n) is 10.2. The number of halogens is 2. The number of aromatic carboxylic acids is 1. The molecule has 0 aromatic heterocycles. The topological polar surface area (TPSA) is 58.6 Å². The van der Waals surface area contributed by atoms with Crippen LogP contribution in [-0.4, -0.2) is 30.3 Å². The molecule has 18 heavy (non-hydrogen) atoms. The molecule has 1 aromatic rings. The highest BCUT2D eigenvalue weighted by Gasteiger charge is 2.17. The third kappa shape index (κ3) is 3.66. The van der Waals surface area contributed by atoms with E-state index in [0.717, 1.165) is 6.07 Å². The maximum absolute atomic E-state index is 13.5. The molecule has 1 rings (SSSR count). The Bertz CT molecular complexity index is 436. The van der Waals surface area contributed by atoms with Gasteiger partial charge in [-0.15, -0.1) is 0 Å². The van der Waals surface area contributed by atoms with Gasteiger partial charge in [-0.05, 0) is 26.0 Å². The van der Waals surface area contributed by atoms with Gasteiger partial charge in [0.25, 0.3) is 0 Å². The van der Waals surface area contributed by atoms with Crippen molar-refractivity contribution in [1.82, 2.24) is 0 Å². The molecule has 0 saturated heterocycles. The lowest BCUT2D eigenvalue weighted by Gasteiger charge is -2.11. The van der Waals surface area contributed by atoms with Crippen LogP contribution in [0.4, 0.5) is 14.5 Å². The number of anilines is 1. The predicted molar refractivity (Wildman–Crippen MR) is 62.9 cm³/mol. The van der Waals surface area contributed by atoms with E-state index in [9.17, 15) is 13.6 Å². The SMILES string of the molecule is CC(C)OCCNc1ccc(C(=O)O)c(F)c1F. The largest absolute Gasteiger partial charge is 0.478 e. The number of nitrogens with one attached hydrogen (secondary N) is 1. The van der Waals surface area contributed by atoms with Crippen molar-refractivity contribution in [3.8, 4) is 0 Å². The van der Waals surface area contributed by atoms with Gasteiger partial charge in [-0.3, -0.25) is 0 Å². The zero-order valence-corrected chi connectivity index (χ0v) is 10.2. The molecule has 0 amide bonds. The predicted octanol–water partition coefficient (Wildman–Crippen LogP) is 2.50. The normalized spacial score (nSPS) is 10.7. The summed E-state index contributed by atoms with van der Waals surface area (Å²) in [4.78, 5) is 10.6. The van der Waals surface area contributed by atoms with Crippen molar-refractivity contribution in [3.05, 3.63) is 29.3 Å². The van der Waals surface area contributed by atoms with Crippen LogP contribution in [0.2, 0.25) is 0 Å². The molecule has 6 heteroatoms. The molecule has 0 aliphatic heterocycles. The molecule has 0 bridgehead atoms. The van der Waals surface area contributed by atoms with Crippen LogP contribution in [0.1, 0.15) is 24.2 Å². The van der Waals surface area contributed by atoms with Gasteiger partial charge in [-0.25, -0.2) is 13.6 Å². The van der Waals surface area contributed by atoms with E-state index in [1.807, 2.05) is 13.8 Å². The quantitative estimate of drug-likeness (QED) is 0.771. The van der Waals surface area contributed by atoms with E-state index in [-0.39, 0.29) is 11.8 Å². The second kappa shape index (κ2) is 6.30. The van der Waals surface area contributed by atoms with Gasteiger partial charge in [0.1, 0.15) is 0 Å². The van der Waals surface area contributed by atoms with Crippen molar-refractivity contribution in [1.29, 1.82) is 0 Å². The van der Waals surface area contributed by atoms with Gasteiger partial charge in [0.15, 0.2) is 11.6 Å². The lowest BCUT2D eigenvalue weighted by atomic mass is 10.2. The number of hydrogen-bond acceptors (Lipinski definition) is 3. The molecule has 100 valence electrons. The Morgan fingerprint density at radius 2 is 2.06 bits per heavy atom. The van der Waals surface area contributed by atoms with Crippen molar-refractivity contribution in [2.45, 2.75) is 20.0 Å². The van der Waals surface area contributed by atoms with Crippen LogP contribution in [0.3, 0.4) is 0 Å². The minimum atomic E-state index is -1.50. The number of carboxylic acids is 1. The number of benzene rings is 1. The van der Waals surface area contributed by atoms with Gasteiger partial charge in [0.05, 0.1) is 24.0 Å². The minimum absolute atomic E-state index is 0.0581. The fourth-order valence-electron chi connectivity index (χ4n) is 1.33. The molecule has 0 spiro atoms. The molecular formula is C12H15F2NO3. The summed E-state index contributed by atoms with van der Waals surface area (Å²) in [6.45, 7) is 4.38. The van der Waals surface area contributed by atoms with Gasteiger partial charge in [-0.2, -0.15) is 0 Å². The van der Waals surface area contributed by atoms with Gasteiger partial charge in [0, 0.05) is 6.54 Å². The van der Waals surface area contributed by atoms with Gasteiger partial charge >= 0.3 is 5.97 Å². The van der Waals surface area contributed by atoms with Crippen LogP contribution < -0.4 is 5.32 Å². The minimum Gasteiger partial charge on any atom is -0.478 e. The van der Waals surface area contributed by atoms with Crippen LogP contribution in [0.25, 0.3) is 0 Å². The maximum Gasteiger partial charge on any atom is 0.338 e. The highest BCUT2D eigenvalue weighted by atomic mass is 19.2. The number of rotatable bonds is 6. The summed E-state index contributed by atoms with van der Waals surface area (Å²) in [5.74, 6) is -4.06. The molecule has 0 saturated carbocycles. The Labute approximate surface area is 104 Å². The Kier molecular flexibility index (Phi) is 5.03. The summed E-state index contributed by atoms with van der Waals surface area (Å²) in [5.41, 5.74) is -0.763. The van der Waals surface area contributed by atoms with E-state index in [1.165, 1.54) is 6.07 Å². The summed E-state index contributed by atoms with van der Waals surface area (Å²) in [5, 5.41) is 11.3. The van der Waals surface area contributed by atoms with Gasteiger partial charge in [-0.1, -0.05) is 0 Å². The van der Waals surface area contributed by atoms with E-state index in [4.69, 9.17) is 9.84 Å². The molecule has 0 fully saturated rings. The molecule has 1 aromatic carbocycles. The molecule has 0 aliphatic carbocycles. The summed E-state index contributed by atoms with van der Waals surface area (Å²) >= 11 is 0. The van der Waals surface area contributed by atoms with Crippen molar-refractivity contribution in [2.24, 2.45) is 0 Å². The van der Waals surface area contributed by atoms with Crippen LogP contribution in [-0.2, 0) is 4.74 Å². The van der Waals surface area contributed by atoms with Gasteiger partial charge in [0.2, 0.25) is 0 Å². The summed E-state index contributed by atoms with van der Waals surface area (Å²) in [7, 11) is 0. The fraction of sp³-hybridized carbons (Fsp3) is 0.417. The lowest BCUT2D eigenvalue weighted by Crippen LogP contribution is -2.14. The smallest absolute Gasteiger partial charge is 0.338 e. The van der Waals surface area contributed by atoms with E-state index in [2.05, 4.69) is 5.32 Å². The number of carbonyl (C=O) groups is 1. The van der Waals surface area contributed by atoms with E-state index in [0.29, 0.717) is 13.2 Å². The van der Waals surface area contributed by atoms with Crippen molar-refractivity contribution in [2.75, 3.05) is 18.5 Å². The number of carboxylic acid groups (broad SMARTS) is 1. The Morgan fingerprint density at radius 1 is 1.39 bits per heavy atom. The highest BCUT2D eigenvalue weighted by Crippen LogP contribution is 2.20. The first-order valence-corrected chi connectivity index (χ1v) is 5.50. The monoisotopic (exact) mass is 259 g/mol. The van der Waals surface area contributed by atoms with Crippen LogP contribution in [0, 0.1) is 11.6 Å². The van der Waals surface area contributed by atoms with Gasteiger partial charge < -0.3 is 15.2 Å². The third-order valence-corrected chi connectivity index (χ3v) is 2.18. The number of ether oxygens (including phenoxy) is 1. The first kappa shape index (κ1) is 14.4. The van der Waals surface area contributed by atoms with Crippen LogP contribution >= 0.6 is 0 Å². The average molecular weight is 259 g/mol. The number of hydrogen-bond donors (Lipinski definition) is 2. The molecule has 0 unspecified atom stereocenters. The third-order valence-electron chi connectivity index (χ3n) is 2.18. The van der Waals surface area contributed by atoms with Crippen molar-refractivity contribution in [3.63, 3.8) is 0 Å². The summed E-state index contributed by atoms with van der Waals surface area (Å²) in [6.07, 6.45) is 0.0581. The first-order valence-electron chi connectivity index (χ1n) is 5.50. The average Bonchev–Trinajstić information content (AvgIpc) is 2.29. The Morgan fingerprint density at radius 3 is 2.61 bits per heavy atom. The maximum atomic E-state index is 13.5. The first-order chi connectivity index (χ1) is 8.43. The molecular weight excluding hydrogens is 244 g/mol. The van der Waals surface area contributed by atoms with Crippen LogP contribution in [0.15, 0.2) is 12.1 Å². The highest BCUT2D eigenvalue weighted by molar-refractivity contribution is 5.88. The molecule has 0 heterocycles. The van der Waals surface area contributed by atoms with E-state index < -0.39 is 23.2 Å². The second-order valence-electron chi connectivity index (χ2n) is 3.94. The summed E-state index contributed by atoms with van der Waals surface area (Å²) in [6, 6.07) is 2.21. The molecule has 4 nitrogen and oxygen atoms in total. The second-order valence-corrected chi connectivity index (χ2v) is 3.94. The standard InChI is InChI=1S/C12H15F2NO3/c1-7(2)18-6-5-15-9-4-3-8(12(16)17)10(13)11(9)14/h3-4,7,15H,5-6H2,1-2H3,(H,16,17). The lowest BCUT2D eigenvalue weighted by molar-refractivity contribution is 0.0690. The molecule has 0 atom stereocenters. The Balaban J connectivity index is 2.68. The van der Waals surface area contributed by atoms with Crippen LogP contribution in [0.5, 0.6) is 0 Å². The van der Waals surface area contributed by atoms with E-state index in [1.54, 1.807) is 0 Å². The summed E-state index contributed by atoms with van der Waals surface area (Å²) < 4.78 is 32.0. The Hall–Kier alpha value is -1.69. The van der Waals surface area contributed by atoms with Crippen molar-refractivity contribution < 1.29 is 23.4 Å². The molecule has 0 aliphatic rings. The zero-order chi connectivity index (χ0) is 13.7. The molecule has 0 radical (unpaired) electrons.